The molecule has 0 unspecified atom stereocenters. The molecule has 0 aliphatic heterocycles. The summed E-state index contributed by atoms with van der Waals surface area (Å²) in [5.41, 5.74) is 3.60. The molecule has 0 atom stereocenters. The van der Waals surface area contributed by atoms with Gasteiger partial charge in [0, 0.05) is 17.2 Å². The number of aromatic amines is 1. The molecule has 2 aromatic rings. The van der Waals surface area contributed by atoms with E-state index < -0.39 is 0 Å². The summed E-state index contributed by atoms with van der Waals surface area (Å²) in [7, 11) is 1.87. The molecule has 0 saturated carbocycles. The Labute approximate surface area is 110 Å². The van der Waals surface area contributed by atoms with Gasteiger partial charge in [0.25, 0.3) is 0 Å². The first kappa shape index (κ1) is 12.2. The van der Waals surface area contributed by atoms with Crippen LogP contribution in [0.4, 0.5) is 5.95 Å². The Hall–Kier alpha value is -1.29. The maximum Gasteiger partial charge on any atom is 0.200 e. The van der Waals surface area contributed by atoms with Gasteiger partial charge in [0.05, 0.1) is 5.69 Å². The van der Waals surface area contributed by atoms with Gasteiger partial charge < -0.3 is 10.3 Å². The fourth-order valence-electron chi connectivity index (χ4n) is 1.81. The van der Waals surface area contributed by atoms with Gasteiger partial charge in [0.15, 0.2) is 5.95 Å². The highest BCUT2D eigenvalue weighted by molar-refractivity contribution is 9.10. The molecule has 2 N–H and O–H groups in total. The van der Waals surface area contributed by atoms with Crippen LogP contribution in [0.1, 0.15) is 17.0 Å². The molecule has 0 aliphatic rings. The SMILES string of the molecule is CNc1nc(CCc2cccc(Br)c2)c(C)[nH]1. The Morgan fingerprint density at radius 2 is 2.18 bits per heavy atom. The summed E-state index contributed by atoms with van der Waals surface area (Å²) in [4.78, 5) is 7.70. The van der Waals surface area contributed by atoms with E-state index in [9.17, 15) is 0 Å². The number of aryl methyl sites for hydroxylation is 3. The van der Waals surface area contributed by atoms with Crippen LogP contribution in [0.5, 0.6) is 0 Å². The number of H-pyrrole nitrogens is 1. The van der Waals surface area contributed by atoms with E-state index in [0.717, 1.165) is 34.7 Å². The van der Waals surface area contributed by atoms with Crippen molar-refractivity contribution in [2.45, 2.75) is 19.8 Å². The van der Waals surface area contributed by atoms with Crippen LogP contribution < -0.4 is 5.32 Å². The van der Waals surface area contributed by atoms with E-state index in [0.29, 0.717) is 0 Å². The molecule has 0 amide bonds. The van der Waals surface area contributed by atoms with Gasteiger partial charge >= 0.3 is 0 Å². The molecule has 90 valence electrons. The first-order valence-corrected chi connectivity index (χ1v) is 6.46. The molecule has 2 rings (SSSR count). The summed E-state index contributed by atoms with van der Waals surface area (Å²) in [6, 6.07) is 8.41. The van der Waals surface area contributed by atoms with Crippen molar-refractivity contribution in [3.05, 3.63) is 45.7 Å². The second-order valence-corrected chi connectivity index (χ2v) is 4.95. The second-order valence-electron chi connectivity index (χ2n) is 4.04. The third kappa shape index (κ3) is 3.09. The van der Waals surface area contributed by atoms with Crippen LogP contribution in [0.2, 0.25) is 0 Å². The van der Waals surface area contributed by atoms with Crippen LogP contribution in [0.15, 0.2) is 28.7 Å². The number of halogens is 1. The lowest BCUT2D eigenvalue weighted by atomic mass is 10.1. The predicted molar refractivity (Wildman–Crippen MR) is 74.4 cm³/mol. The fraction of sp³-hybridized carbons (Fsp3) is 0.308. The number of imidazole rings is 1. The van der Waals surface area contributed by atoms with E-state index in [2.05, 4.69) is 56.3 Å². The Morgan fingerprint density at radius 3 is 2.82 bits per heavy atom. The average Bonchev–Trinajstić information content (AvgIpc) is 2.68. The first-order chi connectivity index (χ1) is 8.19. The molecule has 1 aromatic carbocycles. The second kappa shape index (κ2) is 5.36. The zero-order valence-corrected chi connectivity index (χ0v) is 11.6. The van der Waals surface area contributed by atoms with Crippen LogP contribution in [-0.4, -0.2) is 17.0 Å². The zero-order chi connectivity index (χ0) is 12.3. The molecule has 0 aliphatic carbocycles. The van der Waals surface area contributed by atoms with Crippen molar-refractivity contribution < 1.29 is 0 Å². The molecule has 1 heterocycles. The minimum absolute atomic E-state index is 0.840. The lowest BCUT2D eigenvalue weighted by Gasteiger charge is -2.01. The average molecular weight is 294 g/mol. The highest BCUT2D eigenvalue weighted by Crippen LogP contribution is 2.15. The third-order valence-electron chi connectivity index (χ3n) is 2.76. The third-order valence-corrected chi connectivity index (χ3v) is 3.26. The highest BCUT2D eigenvalue weighted by atomic mass is 79.9. The maximum atomic E-state index is 4.49. The molecule has 17 heavy (non-hydrogen) atoms. The van der Waals surface area contributed by atoms with Gasteiger partial charge in [-0.05, 0) is 37.5 Å². The number of benzene rings is 1. The minimum atomic E-state index is 0.840. The van der Waals surface area contributed by atoms with Gasteiger partial charge in [-0.1, -0.05) is 28.1 Å². The molecule has 0 bridgehead atoms. The van der Waals surface area contributed by atoms with Gasteiger partial charge in [-0.3, -0.25) is 0 Å². The van der Waals surface area contributed by atoms with Crippen molar-refractivity contribution in [3.8, 4) is 0 Å². The maximum absolute atomic E-state index is 4.49. The largest absolute Gasteiger partial charge is 0.359 e. The summed E-state index contributed by atoms with van der Waals surface area (Å²) >= 11 is 3.49. The Balaban J connectivity index is 2.04. The van der Waals surface area contributed by atoms with Gasteiger partial charge in [0.1, 0.15) is 0 Å². The highest BCUT2D eigenvalue weighted by Gasteiger charge is 2.05. The van der Waals surface area contributed by atoms with E-state index in [1.54, 1.807) is 0 Å². The van der Waals surface area contributed by atoms with Crippen LogP contribution in [0, 0.1) is 6.92 Å². The van der Waals surface area contributed by atoms with Crippen molar-refractivity contribution in [1.29, 1.82) is 0 Å². The van der Waals surface area contributed by atoms with E-state index in [1.165, 1.54) is 5.56 Å². The number of hydrogen-bond donors (Lipinski definition) is 2. The number of nitrogens with one attached hydrogen (secondary N) is 2. The summed E-state index contributed by atoms with van der Waals surface area (Å²) in [6.07, 6.45) is 1.97. The van der Waals surface area contributed by atoms with Crippen molar-refractivity contribution in [2.24, 2.45) is 0 Å². The topological polar surface area (TPSA) is 40.7 Å². The molecule has 0 fully saturated rings. The molecular weight excluding hydrogens is 278 g/mol. The van der Waals surface area contributed by atoms with Crippen molar-refractivity contribution in [1.82, 2.24) is 9.97 Å². The van der Waals surface area contributed by atoms with E-state index in [-0.39, 0.29) is 0 Å². The van der Waals surface area contributed by atoms with Crippen LogP contribution in [0.25, 0.3) is 0 Å². The van der Waals surface area contributed by atoms with Gasteiger partial charge in [0.2, 0.25) is 0 Å². The van der Waals surface area contributed by atoms with E-state index in [1.807, 2.05) is 13.1 Å². The van der Waals surface area contributed by atoms with Crippen molar-refractivity contribution in [3.63, 3.8) is 0 Å². The van der Waals surface area contributed by atoms with Crippen molar-refractivity contribution >= 4 is 21.9 Å². The molecule has 1 aromatic heterocycles. The zero-order valence-electron chi connectivity index (χ0n) is 10.0. The normalized spacial score (nSPS) is 10.5. The van der Waals surface area contributed by atoms with Gasteiger partial charge in [-0.25, -0.2) is 4.98 Å². The fourth-order valence-corrected chi connectivity index (χ4v) is 2.26. The number of nitrogens with zero attached hydrogens (tertiary/aromatic N) is 1. The molecule has 0 saturated heterocycles. The van der Waals surface area contributed by atoms with E-state index in [4.69, 9.17) is 0 Å². The minimum Gasteiger partial charge on any atom is -0.359 e. The lowest BCUT2D eigenvalue weighted by molar-refractivity contribution is 0.913. The number of aromatic nitrogens is 2. The quantitative estimate of drug-likeness (QED) is 0.908. The standard InChI is InChI=1S/C13H16BrN3/c1-9-12(17-13(15-2)16-9)7-6-10-4-3-5-11(14)8-10/h3-5,8H,6-7H2,1-2H3,(H2,15,16,17). The van der Waals surface area contributed by atoms with Crippen molar-refractivity contribution in [2.75, 3.05) is 12.4 Å². The molecule has 0 radical (unpaired) electrons. The summed E-state index contributed by atoms with van der Waals surface area (Å²) < 4.78 is 1.13. The number of anilines is 1. The summed E-state index contributed by atoms with van der Waals surface area (Å²) in [5, 5.41) is 3.02. The Bertz CT molecular complexity index is 505. The molecule has 4 heteroatoms. The van der Waals surface area contributed by atoms with Crippen LogP contribution in [0.3, 0.4) is 0 Å². The Morgan fingerprint density at radius 1 is 1.35 bits per heavy atom. The molecule has 0 spiro atoms. The monoisotopic (exact) mass is 293 g/mol. The van der Waals surface area contributed by atoms with Crippen LogP contribution >= 0.6 is 15.9 Å². The summed E-state index contributed by atoms with van der Waals surface area (Å²) in [5.74, 6) is 0.840. The molecule has 3 nitrogen and oxygen atoms in total. The number of rotatable bonds is 4. The smallest absolute Gasteiger partial charge is 0.200 e. The predicted octanol–water partition coefficient (Wildman–Crippen LogP) is 3.31. The molecular formula is C13H16BrN3. The first-order valence-electron chi connectivity index (χ1n) is 5.66. The van der Waals surface area contributed by atoms with Crippen LogP contribution in [-0.2, 0) is 12.8 Å². The van der Waals surface area contributed by atoms with E-state index >= 15 is 0 Å². The number of hydrogen-bond acceptors (Lipinski definition) is 2. The summed E-state index contributed by atoms with van der Waals surface area (Å²) in [6.45, 7) is 2.06. The lowest BCUT2D eigenvalue weighted by Crippen LogP contribution is -1.94. The van der Waals surface area contributed by atoms with Gasteiger partial charge in [-0.15, -0.1) is 0 Å². The Kier molecular flexibility index (Phi) is 3.84. The van der Waals surface area contributed by atoms with Gasteiger partial charge in [-0.2, -0.15) is 0 Å².